The second-order valence-electron chi connectivity index (χ2n) is 4.18. The van der Waals surface area contributed by atoms with Gasteiger partial charge in [0, 0.05) is 17.8 Å². The van der Waals surface area contributed by atoms with Crippen LogP contribution in [-0.4, -0.2) is 13.2 Å². The average Bonchev–Trinajstić information content (AvgIpc) is 2.01. The maximum absolute atomic E-state index is 10.5. The number of benzene rings is 1. The van der Waals surface area contributed by atoms with Crippen LogP contribution in [0.25, 0.3) is 0 Å². The predicted octanol–water partition coefficient (Wildman–Crippen LogP) is 2.84. The molecule has 14 heavy (non-hydrogen) atoms. The summed E-state index contributed by atoms with van der Waals surface area (Å²) in [6, 6.07) is 6.61. The lowest BCUT2D eigenvalue weighted by Crippen LogP contribution is -2.32. The van der Waals surface area contributed by atoms with Crippen LogP contribution in [0, 0.1) is 10.1 Å². The zero-order chi connectivity index (χ0) is 10.8. The van der Waals surface area contributed by atoms with E-state index in [1.165, 1.54) is 6.07 Å². The van der Waals surface area contributed by atoms with Gasteiger partial charge in [0.2, 0.25) is 0 Å². The normalized spacial score (nSPS) is 11.1. The third-order valence-electron chi connectivity index (χ3n) is 1.58. The van der Waals surface area contributed by atoms with Crippen LogP contribution in [0.4, 0.5) is 11.4 Å². The quantitative estimate of drug-likeness (QED) is 0.474. The molecule has 0 heterocycles. The number of nitro benzene ring substituents is 1. The Balaban J connectivity index is 2.89. The molecule has 1 aromatic rings. The second-order valence-corrected chi connectivity index (χ2v) is 8.93. The smallest absolute Gasteiger partial charge is 0.271 e. The molecule has 0 aliphatic carbocycles. The fraction of sp³-hybridized carbons (Fsp3) is 0.333. The topological polar surface area (TPSA) is 55.2 Å². The standard InChI is InChI=1S/C9H14N2O2Si/c1-14(2,3)10-8-5-4-6-9(7-8)11(12)13/h4-7,10H,1-3H3. The Hall–Kier alpha value is -1.36. The molecule has 0 saturated heterocycles. The molecule has 76 valence electrons. The molecule has 0 amide bonds. The van der Waals surface area contributed by atoms with E-state index < -0.39 is 8.24 Å². The Bertz CT molecular complexity index is 347. The third-order valence-corrected chi connectivity index (χ3v) is 2.61. The molecule has 4 nitrogen and oxygen atoms in total. The van der Waals surface area contributed by atoms with Crippen molar-refractivity contribution < 1.29 is 4.92 Å². The van der Waals surface area contributed by atoms with E-state index in [0.29, 0.717) is 0 Å². The number of nitrogens with one attached hydrogen (secondary N) is 1. The van der Waals surface area contributed by atoms with E-state index in [1.807, 2.05) is 6.07 Å². The first kappa shape index (κ1) is 10.7. The van der Waals surface area contributed by atoms with Gasteiger partial charge >= 0.3 is 0 Å². The highest BCUT2D eigenvalue weighted by Gasteiger charge is 2.14. The SMILES string of the molecule is C[Si](C)(C)Nc1cccc([N+](=O)[O-])c1. The Kier molecular flexibility index (Phi) is 2.90. The number of rotatable bonds is 3. The van der Waals surface area contributed by atoms with Gasteiger partial charge in [0.25, 0.3) is 5.69 Å². The first-order valence-electron chi connectivity index (χ1n) is 4.41. The van der Waals surface area contributed by atoms with Crippen molar-refractivity contribution in [3.63, 3.8) is 0 Å². The summed E-state index contributed by atoms with van der Waals surface area (Å²) in [5, 5.41) is 10.5. The summed E-state index contributed by atoms with van der Waals surface area (Å²) in [5.74, 6) is 0. The van der Waals surface area contributed by atoms with E-state index in [9.17, 15) is 10.1 Å². The minimum Gasteiger partial charge on any atom is -0.411 e. The highest BCUT2D eigenvalue weighted by Crippen LogP contribution is 2.19. The van der Waals surface area contributed by atoms with Crippen molar-refractivity contribution in [3.8, 4) is 0 Å². The number of hydrogen-bond donors (Lipinski definition) is 1. The number of nitro groups is 1. The Morgan fingerprint density at radius 3 is 2.50 bits per heavy atom. The van der Waals surface area contributed by atoms with E-state index in [-0.39, 0.29) is 10.6 Å². The molecule has 0 saturated carbocycles. The van der Waals surface area contributed by atoms with Crippen LogP contribution in [-0.2, 0) is 0 Å². The molecule has 0 radical (unpaired) electrons. The maximum Gasteiger partial charge on any atom is 0.271 e. The van der Waals surface area contributed by atoms with Gasteiger partial charge < -0.3 is 4.98 Å². The van der Waals surface area contributed by atoms with E-state index in [0.717, 1.165) is 5.69 Å². The van der Waals surface area contributed by atoms with Gasteiger partial charge in [0.1, 0.15) is 8.24 Å². The molecular weight excluding hydrogens is 196 g/mol. The molecule has 0 aromatic heterocycles. The molecule has 1 rings (SSSR count). The lowest BCUT2D eigenvalue weighted by atomic mass is 10.3. The second kappa shape index (κ2) is 3.79. The van der Waals surface area contributed by atoms with Gasteiger partial charge in [-0.15, -0.1) is 0 Å². The van der Waals surface area contributed by atoms with E-state index in [4.69, 9.17) is 0 Å². The minimum absolute atomic E-state index is 0.133. The largest absolute Gasteiger partial charge is 0.411 e. The third kappa shape index (κ3) is 3.18. The van der Waals surface area contributed by atoms with Crippen LogP contribution in [0.15, 0.2) is 24.3 Å². The van der Waals surface area contributed by atoms with E-state index in [2.05, 4.69) is 24.6 Å². The van der Waals surface area contributed by atoms with E-state index in [1.54, 1.807) is 12.1 Å². The monoisotopic (exact) mass is 210 g/mol. The van der Waals surface area contributed by atoms with Crippen molar-refractivity contribution in [2.45, 2.75) is 19.6 Å². The molecule has 1 aromatic carbocycles. The molecule has 0 unspecified atom stereocenters. The molecule has 5 heteroatoms. The van der Waals surface area contributed by atoms with Gasteiger partial charge in [-0.1, -0.05) is 25.7 Å². The van der Waals surface area contributed by atoms with Crippen molar-refractivity contribution in [3.05, 3.63) is 34.4 Å². The molecule has 1 N–H and O–H groups in total. The van der Waals surface area contributed by atoms with Crippen LogP contribution >= 0.6 is 0 Å². The zero-order valence-electron chi connectivity index (χ0n) is 8.57. The van der Waals surface area contributed by atoms with Crippen molar-refractivity contribution in [2.75, 3.05) is 4.98 Å². The van der Waals surface area contributed by atoms with Gasteiger partial charge in [0.05, 0.1) is 4.92 Å². The Morgan fingerprint density at radius 1 is 1.36 bits per heavy atom. The number of anilines is 1. The average molecular weight is 210 g/mol. The minimum atomic E-state index is -1.43. The fourth-order valence-electron chi connectivity index (χ4n) is 1.13. The number of hydrogen-bond acceptors (Lipinski definition) is 3. The molecule has 0 spiro atoms. The highest BCUT2D eigenvalue weighted by atomic mass is 28.3. The molecule has 0 aliphatic rings. The summed E-state index contributed by atoms with van der Waals surface area (Å²) in [5.41, 5.74) is 0.964. The summed E-state index contributed by atoms with van der Waals surface area (Å²) in [4.78, 5) is 13.4. The van der Waals surface area contributed by atoms with Crippen LogP contribution in [0.5, 0.6) is 0 Å². The van der Waals surface area contributed by atoms with Gasteiger partial charge in [-0.25, -0.2) is 0 Å². The van der Waals surface area contributed by atoms with Crippen LogP contribution < -0.4 is 4.98 Å². The maximum atomic E-state index is 10.5. The Morgan fingerprint density at radius 2 is 2.00 bits per heavy atom. The van der Waals surface area contributed by atoms with Crippen molar-refractivity contribution >= 4 is 19.6 Å². The predicted molar refractivity (Wildman–Crippen MR) is 60.1 cm³/mol. The molecular formula is C9H14N2O2Si. The highest BCUT2D eigenvalue weighted by molar-refractivity contribution is 6.79. The van der Waals surface area contributed by atoms with Gasteiger partial charge in [-0.3, -0.25) is 10.1 Å². The van der Waals surface area contributed by atoms with Crippen molar-refractivity contribution in [2.24, 2.45) is 0 Å². The summed E-state index contributed by atoms with van der Waals surface area (Å²) in [7, 11) is -1.43. The van der Waals surface area contributed by atoms with Crippen LogP contribution in [0.3, 0.4) is 0 Å². The lowest BCUT2D eigenvalue weighted by molar-refractivity contribution is -0.384. The molecule has 0 bridgehead atoms. The Labute approximate surface area is 84.2 Å². The van der Waals surface area contributed by atoms with Gasteiger partial charge in [0.15, 0.2) is 0 Å². The fourth-order valence-corrected chi connectivity index (χ4v) is 2.15. The lowest BCUT2D eigenvalue weighted by Gasteiger charge is -2.19. The number of nitrogens with zero attached hydrogens (tertiary/aromatic N) is 1. The van der Waals surface area contributed by atoms with Crippen molar-refractivity contribution in [1.82, 2.24) is 0 Å². The van der Waals surface area contributed by atoms with Crippen LogP contribution in [0.2, 0.25) is 19.6 Å². The summed E-state index contributed by atoms with van der Waals surface area (Å²) in [6.07, 6.45) is 0. The van der Waals surface area contributed by atoms with Crippen molar-refractivity contribution in [1.29, 1.82) is 0 Å². The van der Waals surface area contributed by atoms with Crippen LogP contribution in [0.1, 0.15) is 0 Å². The van der Waals surface area contributed by atoms with E-state index >= 15 is 0 Å². The first-order chi connectivity index (χ1) is 6.38. The van der Waals surface area contributed by atoms with Gasteiger partial charge in [-0.2, -0.15) is 0 Å². The molecule has 0 aliphatic heterocycles. The summed E-state index contributed by atoms with van der Waals surface area (Å²) in [6.45, 7) is 6.43. The van der Waals surface area contributed by atoms with Gasteiger partial charge in [-0.05, 0) is 6.07 Å². The molecule has 0 fully saturated rings. The molecule has 0 atom stereocenters. The zero-order valence-corrected chi connectivity index (χ0v) is 9.57. The first-order valence-corrected chi connectivity index (χ1v) is 7.91. The number of non-ortho nitro benzene ring substituents is 1. The summed E-state index contributed by atoms with van der Waals surface area (Å²) >= 11 is 0. The summed E-state index contributed by atoms with van der Waals surface area (Å²) < 4.78 is 0.